The van der Waals surface area contributed by atoms with Crippen LogP contribution in [0.4, 0.5) is 0 Å². The molecule has 1 saturated heterocycles. The molecule has 0 bridgehead atoms. The molecule has 1 fully saturated rings. The average Bonchev–Trinajstić information content (AvgIpc) is 2.28. The molecule has 17 heavy (non-hydrogen) atoms. The van der Waals surface area contributed by atoms with Crippen molar-refractivity contribution >= 4 is 18.3 Å². The van der Waals surface area contributed by atoms with E-state index in [0.717, 1.165) is 19.5 Å². The van der Waals surface area contributed by atoms with Crippen molar-refractivity contribution in [3.8, 4) is 0 Å². The third kappa shape index (κ3) is 6.24. The Morgan fingerprint density at radius 2 is 2.24 bits per heavy atom. The Morgan fingerprint density at radius 3 is 2.82 bits per heavy atom. The predicted octanol–water partition coefficient (Wildman–Crippen LogP) is 1.43. The van der Waals surface area contributed by atoms with Gasteiger partial charge >= 0.3 is 0 Å². The van der Waals surface area contributed by atoms with Crippen LogP contribution in [0.2, 0.25) is 0 Å². The molecular weight excluding hydrogens is 240 g/mol. The Morgan fingerprint density at radius 1 is 1.53 bits per heavy atom. The minimum Gasteiger partial charge on any atom is -0.378 e. The Balaban J connectivity index is 0.00000256. The molecule has 0 saturated carbocycles. The molecule has 1 atom stereocenters. The van der Waals surface area contributed by atoms with Crippen molar-refractivity contribution in [1.82, 2.24) is 10.2 Å². The van der Waals surface area contributed by atoms with E-state index >= 15 is 0 Å². The molecule has 0 radical (unpaired) electrons. The van der Waals surface area contributed by atoms with Crippen LogP contribution in [0.15, 0.2) is 0 Å². The van der Waals surface area contributed by atoms with E-state index < -0.39 is 0 Å². The lowest BCUT2D eigenvalue weighted by Gasteiger charge is -2.32. The van der Waals surface area contributed by atoms with E-state index in [-0.39, 0.29) is 24.4 Å². The number of piperidine rings is 1. The van der Waals surface area contributed by atoms with Crippen LogP contribution in [0.25, 0.3) is 0 Å². The minimum atomic E-state index is 0. The molecule has 0 aromatic carbocycles. The Labute approximate surface area is 110 Å². The number of carbonyl (C=O) groups excluding carboxylic acids is 1. The molecule has 5 heteroatoms. The summed E-state index contributed by atoms with van der Waals surface area (Å²) in [4.78, 5) is 13.8. The van der Waals surface area contributed by atoms with Crippen LogP contribution in [0.3, 0.4) is 0 Å². The molecule has 1 aliphatic heterocycles. The van der Waals surface area contributed by atoms with Crippen LogP contribution in [0.5, 0.6) is 0 Å². The molecule has 1 amide bonds. The fourth-order valence-electron chi connectivity index (χ4n) is 1.98. The SMILES string of the molecule is CNC1CCCN(C(=O)CCOC(C)C)C1.Cl. The van der Waals surface area contributed by atoms with Gasteiger partial charge in [-0.1, -0.05) is 0 Å². The number of nitrogens with zero attached hydrogens (tertiary/aromatic N) is 1. The number of hydrogen-bond donors (Lipinski definition) is 1. The van der Waals surface area contributed by atoms with E-state index in [0.29, 0.717) is 19.1 Å². The number of nitrogens with one attached hydrogen (secondary N) is 1. The predicted molar refractivity (Wildman–Crippen MR) is 71.6 cm³/mol. The van der Waals surface area contributed by atoms with Crippen molar-refractivity contribution in [3.05, 3.63) is 0 Å². The highest BCUT2D eigenvalue weighted by molar-refractivity contribution is 5.85. The number of halogens is 1. The second kappa shape index (κ2) is 8.72. The third-order valence-corrected chi connectivity index (χ3v) is 2.95. The normalized spacial score (nSPS) is 20.2. The van der Waals surface area contributed by atoms with E-state index in [1.165, 1.54) is 6.42 Å². The number of amides is 1. The topological polar surface area (TPSA) is 41.6 Å². The monoisotopic (exact) mass is 264 g/mol. The Bertz CT molecular complexity index is 225. The van der Waals surface area contributed by atoms with Crippen molar-refractivity contribution < 1.29 is 9.53 Å². The lowest BCUT2D eigenvalue weighted by Crippen LogP contribution is -2.47. The average molecular weight is 265 g/mol. The van der Waals surface area contributed by atoms with Gasteiger partial charge in [0.05, 0.1) is 19.1 Å². The number of carbonyl (C=O) groups is 1. The van der Waals surface area contributed by atoms with E-state index in [1.807, 2.05) is 25.8 Å². The van der Waals surface area contributed by atoms with Gasteiger partial charge in [-0.2, -0.15) is 0 Å². The smallest absolute Gasteiger partial charge is 0.224 e. The van der Waals surface area contributed by atoms with Crippen molar-refractivity contribution in [2.45, 2.75) is 45.3 Å². The number of likely N-dealkylation sites (tertiary alicyclic amines) is 1. The van der Waals surface area contributed by atoms with Crippen molar-refractivity contribution in [1.29, 1.82) is 0 Å². The number of rotatable bonds is 5. The fraction of sp³-hybridized carbons (Fsp3) is 0.917. The first kappa shape index (κ1) is 16.7. The zero-order valence-corrected chi connectivity index (χ0v) is 11.9. The summed E-state index contributed by atoms with van der Waals surface area (Å²) in [5.41, 5.74) is 0. The summed E-state index contributed by atoms with van der Waals surface area (Å²) < 4.78 is 5.39. The van der Waals surface area contributed by atoms with Crippen molar-refractivity contribution in [2.24, 2.45) is 0 Å². The Hall–Kier alpha value is -0.320. The van der Waals surface area contributed by atoms with E-state index in [4.69, 9.17) is 4.74 Å². The lowest BCUT2D eigenvalue weighted by molar-refractivity contribution is -0.134. The summed E-state index contributed by atoms with van der Waals surface area (Å²) in [6.45, 7) is 6.26. The number of ether oxygens (including phenoxy) is 1. The number of likely N-dealkylation sites (N-methyl/N-ethyl adjacent to an activating group) is 1. The van der Waals surface area contributed by atoms with E-state index in [2.05, 4.69) is 5.32 Å². The van der Waals surface area contributed by atoms with E-state index in [9.17, 15) is 4.79 Å². The van der Waals surface area contributed by atoms with E-state index in [1.54, 1.807) is 0 Å². The molecule has 0 aromatic heterocycles. The van der Waals surface area contributed by atoms with Crippen LogP contribution in [0, 0.1) is 0 Å². The molecule has 0 aliphatic carbocycles. The summed E-state index contributed by atoms with van der Waals surface area (Å²) in [6, 6.07) is 0.462. The third-order valence-electron chi connectivity index (χ3n) is 2.95. The van der Waals surface area contributed by atoms with Gasteiger partial charge in [0, 0.05) is 19.1 Å². The molecule has 4 nitrogen and oxygen atoms in total. The summed E-state index contributed by atoms with van der Waals surface area (Å²) >= 11 is 0. The summed E-state index contributed by atoms with van der Waals surface area (Å²) in [5, 5.41) is 3.24. The molecule has 1 rings (SSSR count). The molecule has 0 aromatic rings. The molecule has 0 spiro atoms. The molecule has 1 aliphatic rings. The van der Waals surface area contributed by atoms with Gasteiger partial charge in [0.15, 0.2) is 0 Å². The van der Waals surface area contributed by atoms with Crippen molar-refractivity contribution in [3.63, 3.8) is 0 Å². The highest BCUT2D eigenvalue weighted by atomic mass is 35.5. The van der Waals surface area contributed by atoms with Gasteiger partial charge in [-0.15, -0.1) is 12.4 Å². The minimum absolute atomic E-state index is 0. The maximum absolute atomic E-state index is 11.9. The molecule has 1 N–H and O–H groups in total. The van der Waals surface area contributed by atoms with Gasteiger partial charge in [0.25, 0.3) is 0 Å². The van der Waals surface area contributed by atoms with Crippen molar-refractivity contribution in [2.75, 3.05) is 26.7 Å². The fourth-order valence-corrected chi connectivity index (χ4v) is 1.98. The second-order valence-corrected chi connectivity index (χ2v) is 4.64. The van der Waals surface area contributed by atoms with Gasteiger partial charge in [0.1, 0.15) is 0 Å². The largest absolute Gasteiger partial charge is 0.378 e. The zero-order chi connectivity index (χ0) is 12.0. The molecular formula is C12H25ClN2O2. The highest BCUT2D eigenvalue weighted by Gasteiger charge is 2.21. The summed E-state index contributed by atoms with van der Waals surface area (Å²) in [7, 11) is 1.96. The zero-order valence-electron chi connectivity index (χ0n) is 11.1. The van der Waals surface area contributed by atoms with Gasteiger partial charge in [-0.25, -0.2) is 0 Å². The molecule has 102 valence electrons. The first-order chi connectivity index (χ1) is 7.63. The standard InChI is InChI=1S/C12H24N2O2.ClH/c1-10(2)16-8-6-12(15)14-7-4-5-11(9-14)13-3;/h10-11,13H,4-9H2,1-3H3;1H. The van der Waals surface area contributed by atoms with Crippen LogP contribution in [0.1, 0.15) is 33.1 Å². The summed E-state index contributed by atoms with van der Waals surface area (Å²) in [5.74, 6) is 0.223. The van der Waals surface area contributed by atoms with Crippen LogP contribution < -0.4 is 5.32 Å². The molecule has 1 heterocycles. The maximum Gasteiger partial charge on any atom is 0.224 e. The Kier molecular flexibility index (Phi) is 8.56. The highest BCUT2D eigenvalue weighted by Crippen LogP contribution is 2.11. The first-order valence-electron chi connectivity index (χ1n) is 6.20. The summed E-state index contributed by atoms with van der Waals surface area (Å²) in [6.07, 6.45) is 2.99. The van der Waals surface area contributed by atoms with Crippen LogP contribution >= 0.6 is 12.4 Å². The molecule has 1 unspecified atom stereocenters. The van der Waals surface area contributed by atoms with Gasteiger partial charge < -0.3 is 15.0 Å². The first-order valence-corrected chi connectivity index (χ1v) is 6.20. The quantitative estimate of drug-likeness (QED) is 0.817. The maximum atomic E-state index is 11.9. The lowest BCUT2D eigenvalue weighted by atomic mass is 10.1. The second-order valence-electron chi connectivity index (χ2n) is 4.64. The van der Waals surface area contributed by atoms with Crippen LogP contribution in [-0.2, 0) is 9.53 Å². The van der Waals surface area contributed by atoms with Gasteiger partial charge in [-0.05, 0) is 33.7 Å². The van der Waals surface area contributed by atoms with Gasteiger partial charge in [0.2, 0.25) is 5.91 Å². The van der Waals surface area contributed by atoms with Gasteiger partial charge in [-0.3, -0.25) is 4.79 Å². The number of hydrogen-bond acceptors (Lipinski definition) is 3. The van der Waals surface area contributed by atoms with Crippen LogP contribution in [-0.4, -0.2) is 49.7 Å².